The number of nitrogens with one attached hydrogen (secondary N) is 1. The Kier molecular flexibility index (Phi) is 5.77. The normalized spacial score (nSPS) is 14.0. The second-order valence-electron chi connectivity index (χ2n) is 5.56. The van der Waals surface area contributed by atoms with E-state index in [4.69, 9.17) is 4.74 Å². The standard InChI is InChI=1S/C17H17F2N3O3S/c1-2-24-13-9-10(3-7-12(13)25-16(18)19)4-8-14(23)20-17-22-21-15(26-17)11-5-6-11/h3-4,7-9,11,16H,2,5-6H2,1H3,(H,20,22,23)/b8-4+. The molecule has 1 fully saturated rings. The maximum atomic E-state index is 12.4. The summed E-state index contributed by atoms with van der Waals surface area (Å²) in [4.78, 5) is 12.0. The van der Waals surface area contributed by atoms with Crippen LogP contribution in [0.5, 0.6) is 11.5 Å². The third kappa shape index (κ3) is 4.98. The summed E-state index contributed by atoms with van der Waals surface area (Å²) in [6, 6.07) is 4.46. The van der Waals surface area contributed by atoms with Crippen LogP contribution >= 0.6 is 11.3 Å². The second kappa shape index (κ2) is 8.22. The number of rotatable bonds is 8. The van der Waals surface area contributed by atoms with Crippen LogP contribution in [0.25, 0.3) is 6.08 Å². The lowest BCUT2D eigenvalue weighted by Crippen LogP contribution is -2.07. The van der Waals surface area contributed by atoms with Gasteiger partial charge in [-0.15, -0.1) is 10.2 Å². The van der Waals surface area contributed by atoms with Gasteiger partial charge >= 0.3 is 6.61 Å². The third-order valence-electron chi connectivity index (χ3n) is 3.51. The Labute approximate surface area is 152 Å². The van der Waals surface area contributed by atoms with Gasteiger partial charge in [0.15, 0.2) is 11.5 Å². The number of hydrogen-bond acceptors (Lipinski definition) is 6. The predicted molar refractivity (Wildman–Crippen MR) is 93.8 cm³/mol. The summed E-state index contributed by atoms with van der Waals surface area (Å²) in [5.74, 6) is 0.271. The molecule has 0 saturated heterocycles. The van der Waals surface area contributed by atoms with Crippen LogP contribution < -0.4 is 14.8 Å². The molecule has 0 radical (unpaired) electrons. The number of hydrogen-bond donors (Lipinski definition) is 1. The zero-order valence-corrected chi connectivity index (χ0v) is 14.8. The van der Waals surface area contributed by atoms with Crippen molar-refractivity contribution >= 4 is 28.5 Å². The topological polar surface area (TPSA) is 73.3 Å². The van der Waals surface area contributed by atoms with Gasteiger partial charge in [-0.1, -0.05) is 17.4 Å². The van der Waals surface area contributed by atoms with Crippen LogP contribution in [-0.4, -0.2) is 29.3 Å². The molecule has 6 nitrogen and oxygen atoms in total. The minimum atomic E-state index is -2.94. The molecule has 1 N–H and O–H groups in total. The SMILES string of the molecule is CCOc1cc(/C=C/C(=O)Nc2nnc(C3CC3)s2)ccc1OC(F)F. The number of amides is 1. The predicted octanol–water partition coefficient (Wildman–Crippen LogP) is 4.07. The average molecular weight is 381 g/mol. The first-order chi connectivity index (χ1) is 12.5. The number of anilines is 1. The highest BCUT2D eigenvalue weighted by Crippen LogP contribution is 2.42. The smallest absolute Gasteiger partial charge is 0.387 e. The van der Waals surface area contributed by atoms with Crippen molar-refractivity contribution in [3.63, 3.8) is 0 Å². The summed E-state index contributed by atoms with van der Waals surface area (Å²) in [6.07, 6.45) is 5.12. The van der Waals surface area contributed by atoms with Crippen molar-refractivity contribution in [3.8, 4) is 11.5 Å². The van der Waals surface area contributed by atoms with Gasteiger partial charge < -0.3 is 9.47 Å². The van der Waals surface area contributed by atoms with E-state index in [-0.39, 0.29) is 17.4 Å². The Morgan fingerprint density at radius 3 is 2.88 bits per heavy atom. The summed E-state index contributed by atoms with van der Waals surface area (Å²) >= 11 is 1.37. The number of alkyl halides is 2. The molecular formula is C17H17F2N3O3S. The lowest BCUT2D eigenvalue weighted by Gasteiger charge is -2.11. The monoisotopic (exact) mass is 381 g/mol. The molecule has 1 aromatic heterocycles. The van der Waals surface area contributed by atoms with Crippen LogP contribution in [0.2, 0.25) is 0 Å². The first-order valence-electron chi connectivity index (χ1n) is 8.09. The van der Waals surface area contributed by atoms with E-state index in [1.807, 2.05) is 0 Å². The number of nitrogens with zero attached hydrogens (tertiary/aromatic N) is 2. The summed E-state index contributed by atoms with van der Waals surface area (Å²) in [6.45, 7) is -0.901. The fraction of sp³-hybridized carbons (Fsp3) is 0.353. The van der Waals surface area contributed by atoms with E-state index < -0.39 is 6.61 Å². The minimum Gasteiger partial charge on any atom is -0.490 e. The summed E-state index contributed by atoms with van der Waals surface area (Å²) in [7, 11) is 0. The lowest BCUT2D eigenvalue weighted by atomic mass is 10.2. The zero-order valence-electron chi connectivity index (χ0n) is 13.9. The van der Waals surface area contributed by atoms with Gasteiger partial charge in [0.05, 0.1) is 6.61 Å². The van der Waals surface area contributed by atoms with Gasteiger partial charge in [-0.2, -0.15) is 8.78 Å². The van der Waals surface area contributed by atoms with Crippen molar-refractivity contribution in [1.29, 1.82) is 0 Å². The maximum absolute atomic E-state index is 12.4. The molecule has 1 aromatic carbocycles. The van der Waals surface area contributed by atoms with Crippen molar-refractivity contribution in [1.82, 2.24) is 10.2 Å². The van der Waals surface area contributed by atoms with Crippen LogP contribution in [-0.2, 0) is 4.79 Å². The number of carbonyl (C=O) groups excluding carboxylic acids is 1. The molecule has 9 heteroatoms. The first kappa shape index (κ1) is 18.2. The van der Waals surface area contributed by atoms with Crippen LogP contribution in [0.3, 0.4) is 0 Å². The highest BCUT2D eigenvalue weighted by molar-refractivity contribution is 7.15. The second-order valence-corrected chi connectivity index (χ2v) is 6.57. The molecule has 0 unspecified atom stereocenters. The first-order valence-corrected chi connectivity index (χ1v) is 8.91. The fourth-order valence-electron chi connectivity index (χ4n) is 2.19. The van der Waals surface area contributed by atoms with Crippen molar-refractivity contribution in [2.45, 2.75) is 32.3 Å². The molecule has 1 aliphatic rings. The molecule has 1 aliphatic carbocycles. The zero-order chi connectivity index (χ0) is 18.5. The lowest BCUT2D eigenvalue weighted by molar-refractivity contribution is -0.111. The van der Waals surface area contributed by atoms with Crippen LogP contribution in [0.1, 0.15) is 36.3 Å². The van der Waals surface area contributed by atoms with Gasteiger partial charge in [0.25, 0.3) is 0 Å². The molecular weight excluding hydrogens is 364 g/mol. The third-order valence-corrected chi connectivity index (χ3v) is 4.51. The average Bonchev–Trinajstić information content (AvgIpc) is 3.35. The van der Waals surface area contributed by atoms with Crippen molar-refractivity contribution in [2.24, 2.45) is 0 Å². The van der Waals surface area contributed by atoms with Gasteiger partial charge in [-0.05, 0) is 43.5 Å². The molecule has 138 valence electrons. The summed E-state index contributed by atoms with van der Waals surface area (Å²) in [5.41, 5.74) is 0.612. The van der Waals surface area contributed by atoms with E-state index in [2.05, 4.69) is 20.3 Å². The van der Waals surface area contributed by atoms with E-state index in [1.165, 1.54) is 29.5 Å². The Bertz CT molecular complexity index is 806. The molecule has 1 amide bonds. The van der Waals surface area contributed by atoms with Gasteiger partial charge in [0.1, 0.15) is 5.01 Å². The van der Waals surface area contributed by atoms with Gasteiger partial charge in [0, 0.05) is 12.0 Å². The molecule has 26 heavy (non-hydrogen) atoms. The molecule has 1 heterocycles. The van der Waals surface area contributed by atoms with E-state index >= 15 is 0 Å². The maximum Gasteiger partial charge on any atom is 0.387 e. The summed E-state index contributed by atoms with van der Waals surface area (Å²) in [5, 5.41) is 12.1. The number of ether oxygens (including phenoxy) is 2. The highest BCUT2D eigenvalue weighted by Gasteiger charge is 2.27. The minimum absolute atomic E-state index is 0.0510. The molecule has 0 bridgehead atoms. The van der Waals surface area contributed by atoms with Gasteiger partial charge in [0.2, 0.25) is 11.0 Å². The van der Waals surface area contributed by atoms with Crippen molar-refractivity contribution in [3.05, 3.63) is 34.8 Å². The number of halogens is 2. The highest BCUT2D eigenvalue weighted by atomic mass is 32.1. The molecule has 0 spiro atoms. The van der Waals surface area contributed by atoms with Gasteiger partial charge in [-0.3, -0.25) is 10.1 Å². The quantitative estimate of drug-likeness (QED) is 0.698. The Morgan fingerprint density at radius 2 is 2.19 bits per heavy atom. The fourth-order valence-corrected chi connectivity index (χ4v) is 3.10. The van der Waals surface area contributed by atoms with Gasteiger partial charge in [-0.25, -0.2) is 0 Å². The Balaban J connectivity index is 1.64. The number of carbonyl (C=O) groups is 1. The van der Waals surface area contributed by atoms with E-state index in [0.717, 1.165) is 17.8 Å². The van der Waals surface area contributed by atoms with E-state index in [9.17, 15) is 13.6 Å². The number of aromatic nitrogens is 2. The van der Waals surface area contributed by atoms with Crippen LogP contribution in [0.4, 0.5) is 13.9 Å². The van der Waals surface area contributed by atoms with Crippen molar-refractivity contribution in [2.75, 3.05) is 11.9 Å². The Hall–Kier alpha value is -2.55. The van der Waals surface area contributed by atoms with E-state index in [0.29, 0.717) is 23.2 Å². The molecule has 3 rings (SSSR count). The molecule has 0 aliphatic heterocycles. The van der Waals surface area contributed by atoms with Crippen LogP contribution in [0.15, 0.2) is 24.3 Å². The van der Waals surface area contributed by atoms with E-state index in [1.54, 1.807) is 19.1 Å². The largest absolute Gasteiger partial charge is 0.490 e. The summed E-state index contributed by atoms with van der Waals surface area (Å²) < 4.78 is 34.5. The van der Waals surface area contributed by atoms with Crippen molar-refractivity contribution < 1.29 is 23.0 Å². The molecule has 0 atom stereocenters. The van der Waals surface area contributed by atoms with Crippen LogP contribution in [0, 0.1) is 0 Å². The molecule has 2 aromatic rings. The number of benzene rings is 1. The Morgan fingerprint density at radius 1 is 1.38 bits per heavy atom. The molecule has 1 saturated carbocycles.